The first-order valence-corrected chi connectivity index (χ1v) is 13.9. The van der Waals surface area contributed by atoms with E-state index in [2.05, 4.69) is 9.97 Å². The molecule has 0 spiro atoms. The zero-order chi connectivity index (χ0) is 26.9. The van der Waals surface area contributed by atoms with E-state index in [1.165, 1.54) is 23.8 Å². The lowest BCUT2D eigenvalue weighted by atomic mass is 10.0. The van der Waals surface area contributed by atoms with Crippen LogP contribution in [0.3, 0.4) is 0 Å². The van der Waals surface area contributed by atoms with Gasteiger partial charge in [0.25, 0.3) is 5.56 Å². The van der Waals surface area contributed by atoms with Gasteiger partial charge in [0.2, 0.25) is 15.7 Å². The molecular formula is C29H29N3O5S. The van der Waals surface area contributed by atoms with Crippen molar-refractivity contribution in [2.24, 2.45) is 5.92 Å². The predicted molar refractivity (Wildman–Crippen MR) is 143 cm³/mol. The van der Waals surface area contributed by atoms with Crippen LogP contribution < -0.4 is 5.56 Å². The van der Waals surface area contributed by atoms with Crippen molar-refractivity contribution < 1.29 is 18.3 Å². The number of rotatable bonds is 9. The van der Waals surface area contributed by atoms with Crippen molar-refractivity contribution in [3.63, 3.8) is 0 Å². The summed E-state index contributed by atoms with van der Waals surface area (Å²) in [5, 5.41) is 10.8. The Kier molecular flexibility index (Phi) is 7.14. The van der Waals surface area contributed by atoms with Crippen LogP contribution in [0.2, 0.25) is 0 Å². The molecule has 1 saturated carbocycles. The second-order valence-electron chi connectivity index (χ2n) is 9.60. The van der Waals surface area contributed by atoms with E-state index in [1.54, 1.807) is 24.5 Å². The number of nitrogens with zero attached hydrogens (tertiary/aromatic N) is 3. The van der Waals surface area contributed by atoms with Crippen LogP contribution in [0.15, 0.2) is 87.6 Å². The molecule has 2 heterocycles. The van der Waals surface area contributed by atoms with E-state index in [9.17, 15) is 18.3 Å². The van der Waals surface area contributed by atoms with Crippen LogP contribution in [-0.2, 0) is 21.0 Å². The Morgan fingerprint density at radius 1 is 1.08 bits per heavy atom. The Morgan fingerprint density at radius 3 is 2.42 bits per heavy atom. The monoisotopic (exact) mass is 531 g/mol. The second kappa shape index (κ2) is 10.5. The predicted octanol–water partition coefficient (Wildman–Crippen LogP) is 4.34. The van der Waals surface area contributed by atoms with Gasteiger partial charge in [-0.1, -0.05) is 42.5 Å². The van der Waals surface area contributed by atoms with Gasteiger partial charge in [-0.25, -0.2) is 8.42 Å². The van der Waals surface area contributed by atoms with E-state index in [0.717, 1.165) is 35.1 Å². The molecule has 8 nitrogen and oxygen atoms in total. The molecule has 196 valence electrons. The van der Waals surface area contributed by atoms with Crippen LogP contribution in [0.1, 0.15) is 35.8 Å². The van der Waals surface area contributed by atoms with Gasteiger partial charge in [-0.15, -0.1) is 0 Å². The van der Waals surface area contributed by atoms with E-state index in [1.807, 2.05) is 43.3 Å². The minimum atomic E-state index is -4.39. The van der Waals surface area contributed by atoms with Gasteiger partial charge in [-0.05, 0) is 66.1 Å². The summed E-state index contributed by atoms with van der Waals surface area (Å²) in [5.74, 6) is -0.0818. The maximum Gasteiger partial charge on any atom is 0.277 e. The van der Waals surface area contributed by atoms with Crippen LogP contribution in [-0.4, -0.2) is 41.8 Å². The molecule has 0 saturated heterocycles. The van der Waals surface area contributed by atoms with Crippen molar-refractivity contribution in [3.8, 4) is 17.0 Å². The van der Waals surface area contributed by atoms with Gasteiger partial charge in [0.05, 0.1) is 17.5 Å². The van der Waals surface area contributed by atoms with Crippen LogP contribution >= 0.6 is 0 Å². The fourth-order valence-corrected chi connectivity index (χ4v) is 6.06. The third-order valence-electron chi connectivity index (χ3n) is 6.88. The molecule has 1 aliphatic carbocycles. The zero-order valence-electron chi connectivity index (χ0n) is 21.2. The number of sulfone groups is 1. The van der Waals surface area contributed by atoms with Gasteiger partial charge in [-0.2, -0.15) is 4.98 Å². The lowest BCUT2D eigenvalue weighted by molar-refractivity contribution is 0.165. The van der Waals surface area contributed by atoms with Gasteiger partial charge in [0, 0.05) is 25.9 Å². The first kappa shape index (κ1) is 25.8. The highest BCUT2D eigenvalue weighted by molar-refractivity contribution is 7.91. The van der Waals surface area contributed by atoms with Crippen LogP contribution in [0.25, 0.3) is 11.1 Å². The average Bonchev–Trinajstić information content (AvgIpc) is 3.73. The Bertz CT molecular complexity index is 1610. The van der Waals surface area contributed by atoms with E-state index in [4.69, 9.17) is 4.74 Å². The van der Waals surface area contributed by atoms with Crippen molar-refractivity contribution in [3.05, 3.63) is 100 Å². The number of aromatic hydroxyl groups is 1. The fraction of sp³-hybridized carbons (Fsp3) is 0.276. The Balaban J connectivity index is 1.64. The van der Waals surface area contributed by atoms with Crippen molar-refractivity contribution in [2.45, 2.75) is 42.0 Å². The first-order valence-electron chi connectivity index (χ1n) is 12.5. The molecule has 0 bridgehead atoms. The number of methoxy groups -OCH3 is 1. The highest BCUT2D eigenvalue weighted by Crippen LogP contribution is 2.35. The van der Waals surface area contributed by atoms with E-state index in [-0.39, 0.29) is 11.5 Å². The summed E-state index contributed by atoms with van der Waals surface area (Å²) in [4.78, 5) is 21.5. The molecule has 2 aromatic heterocycles. The smallest absolute Gasteiger partial charge is 0.277 e. The third-order valence-corrected chi connectivity index (χ3v) is 8.67. The number of benzene rings is 2. The molecule has 2 aromatic carbocycles. The average molecular weight is 532 g/mol. The second-order valence-corrected chi connectivity index (χ2v) is 11.5. The summed E-state index contributed by atoms with van der Waals surface area (Å²) >= 11 is 0. The van der Waals surface area contributed by atoms with Gasteiger partial charge in [-0.3, -0.25) is 14.3 Å². The van der Waals surface area contributed by atoms with E-state index >= 15 is 0 Å². The molecule has 1 atom stereocenters. The minimum absolute atomic E-state index is 0.105. The van der Waals surface area contributed by atoms with E-state index < -0.39 is 32.2 Å². The Hall–Kier alpha value is -3.82. The molecule has 1 fully saturated rings. The maximum absolute atomic E-state index is 14.0. The highest BCUT2D eigenvalue weighted by Gasteiger charge is 2.34. The normalized spacial score (nSPS) is 14.4. The van der Waals surface area contributed by atoms with Crippen molar-refractivity contribution >= 4 is 9.84 Å². The maximum atomic E-state index is 14.0. The van der Waals surface area contributed by atoms with Gasteiger partial charge < -0.3 is 9.84 Å². The van der Waals surface area contributed by atoms with Gasteiger partial charge in [0.1, 0.15) is 5.82 Å². The summed E-state index contributed by atoms with van der Waals surface area (Å²) < 4.78 is 34.3. The van der Waals surface area contributed by atoms with Gasteiger partial charge in [0.15, 0.2) is 4.90 Å². The zero-order valence-corrected chi connectivity index (χ0v) is 22.1. The molecule has 4 aromatic rings. The van der Waals surface area contributed by atoms with Gasteiger partial charge >= 0.3 is 0 Å². The quantitative estimate of drug-likeness (QED) is 0.342. The lowest BCUT2D eigenvalue weighted by Crippen LogP contribution is -2.35. The number of aryl methyl sites for hydroxylation is 1. The first-order chi connectivity index (χ1) is 18.3. The number of aromatic nitrogens is 3. The molecule has 0 radical (unpaired) electrons. The molecule has 5 rings (SSSR count). The van der Waals surface area contributed by atoms with Crippen LogP contribution in [0.5, 0.6) is 5.88 Å². The topological polar surface area (TPSA) is 111 Å². The number of hydrogen-bond donors (Lipinski definition) is 1. The Morgan fingerprint density at radius 2 is 1.79 bits per heavy atom. The third kappa shape index (κ3) is 4.99. The lowest BCUT2D eigenvalue weighted by Gasteiger charge is -2.24. The molecule has 0 amide bonds. The highest BCUT2D eigenvalue weighted by atomic mass is 32.2. The van der Waals surface area contributed by atoms with Crippen molar-refractivity contribution in [2.75, 3.05) is 13.7 Å². The molecule has 9 heteroatoms. The summed E-state index contributed by atoms with van der Waals surface area (Å²) in [6.07, 6.45) is 5.88. The van der Waals surface area contributed by atoms with Crippen LogP contribution in [0, 0.1) is 12.8 Å². The molecule has 38 heavy (non-hydrogen) atoms. The summed E-state index contributed by atoms with van der Waals surface area (Å²) in [6.45, 7) is 2.05. The number of pyridine rings is 1. The van der Waals surface area contributed by atoms with Crippen molar-refractivity contribution in [1.82, 2.24) is 14.5 Å². The number of hydrogen-bond acceptors (Lipinski definition) is 7. The summed E-state index contributed by atoms with van der Waals surface area (Å²) in [5.41, 5.74) is 2.65. The molecule has 1 N–H and O–H groups in total. The van der Waals surface area contributed by atoms with E-state index in [0.29, 0.717) is 18.2 Å². The standard InChI is InChI=1S/C29H29N3O5S/c1-19-17-30-15-14-24(19)21-10-12-23(13-11-21)38(35,36)27-28(33)31-26(16-20-8-9-20)32(29(27)34)25(18-37-2)22-6-4-3-5-7-22/h3-7,10-15,17,20,25,33H,8-9,16,18H2,1-2H3. The largest absolute Gasteiger partial charge is 0.492 e. The van der Waals surface area contributed by atoms with Crippen molar-refractivity contribution in [1.29, 1.82) is 0 Å². The SMILES string of the molecule is COCC(c1ccccc1)n1c(CC2CC2)nc(O)c(S(=O)(=O)c2ccc(-c3ccncc3C)cc2)c1=O. The summed E-state index contributed by atoms with van der Waals surface area (Å²) in [7, 11) is -2.86. The molecular weight excluding hydrogens is 502 g/mol. The fourth-order valence-electron chi connectivity index (χ4n) is 4.71. The molecule has 1 unspecified atom stereocenters. The Labute approximate surface area is 221 Å². The minimum Gasteiger partial charge on any atom is -0.492 e. The van der Waals surface area contributed by atoms with Crippen LogP contribution in [0.4, 0.5) is 0 Å². The summed E-state index contributed by atoms with van der Waals surface area (Å²) in [6, 6.07) is 16.8. The molecule has 1 aliphatic rings. The number of ether oxygens (including phenoxy) is 1. The molecule has 0 aliphatic heterocycles.